The van der Waals surface area contributed by atoms with E-state index < -0.39 is 40.9 Å². The fourth-order valence-electron chi connectivity index (χ4n) is 2.46. The van der Waals surface area contributed by atoms with Crippen LogP contribution in [0.25, 0.3) is 0 Å². The number of alkyl halides is 8. The molecule has 0 bridgehead atoms. The topological polar surface area (TPSA) is 38.7 Å². The summed E-state index contributed by atoms with van der Waals surface area (Å²) in [7, 11) is 1.23. The van der Waals surface area contributed by atoms with Crippen molar-refractivity contribution in [1.82, 2.24) is 0 Å². The lowest BCUT2D eigenvalue weighted by Crippen LogP contribution is -2.55. The third-order valence-electron chi connectivity index (χ3n) is 3.82. The van der Waals surface area contributed by atoms with E-state index >= 15 is 0 Å². The molecule has 0 radical (unpaired) electrons. The van der Waals surface area contributed by atoms with Gasteiger partial charge in [-0.2, -0.15) is 22.0 Å². The molecule has 0 aliphatic rings. The van der Waals surface area contributed by atoms with Gasteiger partial charge in [0.15, 0.2) is 5.60 Å². The van der Waals surface area contributed by atoms with Crippen LogP contribution in [0.4, 0.5) is 35.1 Å². The molecule has 0 spiro atoms. The second kappa shape index (κ2) is 7.12. The van der Waals surface area contributed by atoms with E-state index in [-0.39, 0.29) is 5.75 Å². The van der Waals surface area contributed by atoms with Gasteiger partial charge in [0.1, 0.15) is 11.5 Å². The van der Waals surface area contributed by atoms with Crippen molar-refractivity contribution in [3.8, 4) is 11.5 Å². The highest BCUT2D eigenvalue weighted by atomic mass is 19.4. The molecule has 154 valence electrons. The summed E-state index contributed by atoms with van der Waals surface area (Å²) >= 11 is 0. The van der Waals surface area contributed by atoms with E-state index in [9.17, 15) is 40.2 Å². The first-order chi connectivity index (χ1) is 12.7. The Bertz CT molecular complexity index is 797. The van der Waals surface area contributed by atoms with Gasteiger partial charge in [0, 0.05) is 0 Å². The Hall–Kier alpha value is -2.56. The molecule has 0 amide bonds. The van der Waals surface area contributed by atoms with E-state index in [0.29, 0.717) is 24.3 Å². The lowest BCUT2D eigenvalue weighted by atomic mass is 9.80. The summed E-state index contributed by atoms with van der Waals surface area (Å²) in [5.74, 6) is -6.42. The van der Waals surface area contributed by atoms with Crippen LogP contribution >= 0.6 is 0 Å². The van der Waals surface area contributed by atoms with Gasteiger partial charge in [-0.15, -0.1) is 13.2 Å². The Balaban J connectivity index is 2.61. The maximum atomic E-state index is 14.3. The van der Waals surface area contributed by atoms with Crippen molar-refractivity contribution < 1.29 is 49.7 Å². The maximum Gasteiger partial charge on any atom is 0.573 e. The highest BCUT2D eigenvalue weighted by molar-refractivity contribution is 5.43. The summed E-state index contributed by atoms with van der Waals surface area (Å²) < 4.78 is 113. The lowest BCUT2D eigenvalue weighted by Gasteiger charge is -2.37. The zero-order valence-electron chi connectivity index (χ0n) is 13.9. The SMILES string of the molecule is COc1ccc(C(O)(c2ccc(OC(F)(F)F)cc2)C(F)(F)C(F)(F)F)cc1. The number of aliphatic hydroxyl groups is 1. The first-order valence-electron chi connectivity index (χ1n) is 7.40. The lowest BCUT2D eigenvalue weighted by molar-refractivity contribution is -0.336. The van der Waals surface area contributed by atoms with Crippen molar-refractivity contribution in [1.29, 1.82) is 0 Å². The van der Waals surface area contributed by atoms with Crippen LogP contribution in [0, 0.1) is 0 Å². The van der Waals surface area contributed by atoms with Gasteiger partial charge in [0.05, 0.1) is 7.11 Å². The Morgan fingerprint density at radius 1 is 0.679 bits per heavy atom. The van der Waals surface area contributed by atoms with E-state index in [0.717, 1.165) is 24.3 Å². The molecule has 0 aliphatic carbocycles. The minimum absolute atomic E-state index is 0.121. The summed E-state index contributed by atoms with van der Waals surface area (Å²) in [6.45, 7) is 0. The molecule has 2 aromatic rings. The molecule has 0 aromatic heterocycles. The Morgan fingerprint density at radius 2 is 1.07 bits per heavy atom. The molecule has 1 N–H and O–H groups in total. The number of benzene rings is 2. The third-order valence-corrected chi connectivity index (χ3v) is 3.82. The zero-order chi connectivity index (χ0) is 21.4. The zero-order valence-corrected chi connectivity index (χ0v) is 13.9. The number of halogens is 8. The van der Waals surface area contributed by atoms with Crippen LogP contribution in [0.5, 0.6) is 11.5 Å². The van der Waals surface area contributed by atoms with E-state index in [1.165, 1.54) is 7.11 Å². The molecule has 0 aliphatic heterocycles. The van der Waals surface area contributed by atoms with Gasteiger partial charge in [0.2, 0.25) is 0 Å². The fourth-order valence-corrected chi connectivity index (χ4v) is 2.46. The normalized spacial score (nSPS) is 15.1. The second-order valence-electron chi connectivity index (χ2n) is 5.58. The van der Waals surface area contributed by atoms with Crippen molar-refractivity contribution in [2.45, 2.75) is 24.1 Å². The van der Waals surface area contributed by atoms with E-state index in [1.807, 2.05) is 0 Å². The molecular formula is C17H12F8O3. The number of hydrogen-bond donors (Lipinski definition) is 1. The summed E-state index contributed by atoms with van der Waals surface area (Å²) in [5.41, 5.74) is -5.76. The maximum absolute atomic E-state index is 14.3. The number of rotatable bonds is 5. The van der Waals surface area contributed by atoms with E-state index in [4.69, 9.17) is 4.74 Å². The largest absolute Gasteiger partial charge is 0.573 e. The van der Waals surface area contributed by atoms with Crippen LogP contribution in [0.3, 0.4) is 0 Å². The number of hydrogen-bond acceptors (Lipinski definition) is 3. The van der Waals surface area contributed by atoms with Gasteiger partial charge in [0.25, 0.3) is 0 Å². The molecule has 2 aromatic carbocycles. The summed E-state index contributed by atoms with van der Waals surface area (Å²) in [6, 6.07) is 5.70. The first kappa shape index (κ1) is 21.7. The highest BCUT2D eigenvalue weighted by Crippen LogP contribution is 2.52. The minimum Gasteiger partial charge on any atom is -0.497 e. The van der Waals surface area contributed by atoms with Crippen molar-refractivity contribution in [2.75, 3.05) is 7.11 Å². The first-order valence-corrected chi connectivity index (χ1v) is 7.40. The predicted octanol–water partition coefficient (Wildman–Crippen LogP) is 5.03. The van der Waals surface area contributed by atoms with Crippen LogP contribution in [0.2, 0.25) is 0 Å². The Labute approximate surface area is 153 Å². The van der Waals surface area contributed by atoms with Gasteiger partial charge >= 0.3 is 18.5 Å². The van der Waals surface area contributed by atoms with Gasteiger partial charge in [-0.05, 0) is 35.4 Å². The van der Waals surface area contributed by atoms with Gasteiger partial charge in [-0.25, -0.2) is 0 Å². The smallest absolute Gasteiger partial charge is 0.497 e. The van der Waals surface area contributed by atoms with Crippen molar-refractivity contribution in [3.05, 3.63) is 59.7 Å². The van der Waals surface area contributed by atoms with Crippen molar-refractivity contribution in [3.63, 3.8) is 0 Å². The molecule has 3 nitrogen and oxygen atoms in total. The van der Waals surface area contributed by atoms with Crippen molar-refractivity contribution >= 4 is 0 Å². The van der Waals surface area contributed by atoms with E-state index in [2.05, 4.69) is 4.74 Å². The molecule has 1 unspecified atom stereocenters. The predicted molar refractivity (Wildman–Crippen MR) is 80.1 cm³/mol. The van der Waals surface area contributed by atoms with E-state index in [1.54, 1.807) is 0 Å². The number of ether oxygens (including phenoxy) is 2. The monoisotopic (exact) mass is 416 g/mol. The third kappa shape index (κ3) is 3.98. The minimum atomic E-state index is -6.16. The Morgan fingerprint density at radius 3 is 1.39 bits per heavy atom. The summed E-state index contributed by atoms with van der Waals surface area (Å²) in [4.78, 5) is 0. The molecule has 0 saturated heterocycles. The molecule has 1 atom stereocenters. The Kier molecular flexibility index (Phi) is 5.52. The molecule has 0 heterocycles. The summed E-state index contributed by atoms with van der Waals surface area (Å²) in [6.07, 6.45) is -11.3. The molecule has 0 saturated carbocycles. The van der Waals surface area contributed by atoms with Crippen LogP contribution in [-0.4, -0.2) is 30.7 Å². The van der Waals surface area contributed by atoms with Crippen LogP contribution < -0.4 is 9.47 Å². The van der Waals surface area contributed by atoms with Gasteiger partial charge < -0.3 is 14.6 Å². The number of methoxy groups -OCH3 is 1. The quantitative estimate of drug-likeness (QED) is 0.696. The fraction of sp³-hybridized carbons (Fsp3) is 0.294. The molecule has 11 heteroatoms. The average molecular weight is 416 g/mol. The second-order valence-corrected chi connectivity index (χ2v) is 5.58. The van der Waals surface area contributed by atoms with Crippen molar-refractivity contribution in [2.24, 2.45) is 0 Å². The molecule has 28 heavy (non-hydrogen) atoms. The van der Waals surface area contributed by atoms with Crippen LogP contribution in [0.15, 0.2) is 48.5 Å². The van der Waals surface area contributed by atoms with Crippen LogP contribution in [0.1, 0.15) is 11.1 Å². The highest BCUT2D eigenvalue weighted by Gasteiger charge is 2.71. The molecule has 0 fully saturated rings. The standard InChI is InChI=1S/C17H12F8O3/c1-27-12-6-2-10(3-7-12)14(26,15(18,19)16(20,21)22)11-4-8-13(9-5-11)28-17(23,24)25/h2-9,26H,1H3. The van der Waals surface area contributed by atoms with Gasteiger partial charge in [-0.1, -0.05) is 24.3 Å². The molecular weight excluding hydrogens is 404 g/mol. The van der Waals surface area contributed by atoms with Gasteiger partial charge in [-0.3, -0.25) is 0 Å². The summed E-state index contributed by atoms with van der Waals surface area (Å²) in [5, 5.41) is 10.5. The average Bonchev–Trinajstić information content (AvgIpc) is 2.59. The molecule has 2 rings (SSSR count). The van der Waals surface area contributed by atoms with Crippen LogP contribution in [-0.2, 0) is 5.60 Å².